The first kappa shape index (κ1) is 12.4. The molecule has 1 atom stereocenters. The number of hydrogen-bond donors (Lipinski definition) is 1. The van der Waals surface area contributed by atoms with Crippen molar-refractivity contribution in [2.75, 3.05) is 19.9 Å². The van der Waals surface area contributed by atoms with Gasteiger partial charge in [0.25, 0.3) is 0 Å². The van der Waals surface area contributed by atoms with Gasteiger partial charge in [-0.25, -0.2) is 0 Å². The van der Waals surface area contributed by atoms with Crippen LogP contribution in [0.15, 0.2) is 36.4 Å². The van der Waals surface area contributed by atoms with Gasteiger partial charge in [0.2, 0.25) is 5.88 Å². The number of rotatable bonds is 4. The van der Waals surface area contributed by atoms with E-state index in [1.807, 2.05) is 62.3 Å². The molecule has 0 saturated heterocycles. The van der Waals surface area contributed by atoms with E-state index < -0.39 is 0 Å². The van der Waals surface area contributed by atoms with Crippen molar-refractivity contribution in [2.45, 2.75) is 13.2 Å². The fourth-order valence-electron chi connectivity index (χ4n) is 1.50. The Balaban J connectivity index is 2.22. The number of nitrogen functional groups attached to an aromatic ring is 1. The van der Waals surface area contributed by atoms with Gasteiger partial charge in [0.05, 0.1) is 5.69 Å². The zero-order valence-electron chi connectivity index (χ0n) is 10.9. The molecule has 0 spiro atoms. The lowest BCUT2D eigenvalue weighted by Crippen LogP contribution is -2.31. The van der Waals surface area contributed by atoms with E-state index in [2.05, 4.69) is 5.10 Å². The Labute approximate surface area is 107 Å². The van der Waals surface area contributed by atoms with Crippen molar-refractivity contribution in [3.63, 3.8) is 0 Å². The predicted octanol–water partition coefficient (Wildman–Crippen LogP) is 1.55. The van der Waals surface area contributed by atoms with Crippen molar-refractivity contribution in [3.8, 4) is 17.1 Å². The second-order valence-corrected chi connectivity index (χ2v) is 4.36. The average Bonchev–Trinajstić information content (AvgIpc) is 2.72. The minimum atomic E-state index is -0.0624. The Morgan fingerprint density at radius 1 is 1.28 bits per heavy atom. The summed E-state index contributed by atoms with van der Waals surface area (Å²) in [4.78, 5) is 3.22. The highest BCUT2D eigenvalue weighted by molar-refractivity contribution is 5.59. The lowest BCUT2D eigenvalue weighted by Gasteiger charge is -2.20. The minimum absolute atomic E-state index is 0.0624. The Hall–Kier alpha value is -2.01. The molecule has 0 aliphatic rings. The molecule has 2 N–H and O–H groups in total. The van der Waals surface area contributed by atoms with Crippen LogP contribution in [0.25, 0.3) is 11.3 Å². The molecule has 1 aromatic carbocycles. The fraction of sp³-hybridized carbons (Fsp3) is 0.308. The van der Waals surface area contributed by atoms with Crippen molar-refractivity contribution in [3.05, 3.63) is 36.4 Å². The molecule has 0 amide bonds. The third-order valence-electron chi connectivity index (χ3n) is 2.79. The van der Waals surface area contributed by atoms with Gasteiger partial charge in [-0.2, -0.15) is 0 Å². The molecule has 1 aromatic heterocycles. The standard InChI is InChI=1S/C13H18N4O/c1-10(16(2)3)18-13-9-12(15-17(13)14)11-7-5-4-6-8-11/h4-10H,14H2,1-3H3. The molecule has 0 aliphatic carbocycles. The van der Waals surface area contributed by atoms with Crippen LogP contribution in [-0.4, -0.2) is 35.1 Å². The van der Waals surface area contributed by atoms with Gasteiger partial charge in [0, 0.05) is 11.6 Å². The van der Waals surface area contributed by atoms with Crippen molar-refractivity contribution >= 4 is 0 Å². The van der Waals surface area contributed by atoms with E-state index in [0.29, 0.717) is 5.88 Å². The summed E-state index contributed by atoms with van der Waals surface area (Å²) in [6.45, 7) is 1.95. The molecule has 1 unspecified atom stereocenters. The molecule has 96 valence electrons. The predicted molar refractivity (Wildman–Crippen MR) is 71.6 cm³/mol. The van der Waals surface area contributed by atoms with Gasteiger partial charge in [-0.1, -0.05) is 30.3 Å². The van der Waals surface area contributed by atoms with E-state index in [-0.39, 0.29) is 6.23 Å². The average molecular weight is 246 g/mol. The monoisotopic (exact) mass is 246 g/mol. The first-order valence-electron chi connectivity index (χ1n) is 5.81. The summed E-state index contributed by atoms with van der Waals surface area (Å²) in [6.07, 6.45) is -0.0624. The molecular formula is C13H18N4O. The smallest absolute Gasteiger partial charge is 0.234 e. The molecule has 5 heteroatoms. The summed E-state index contributed by atoms with van der Waals surface area (Å²) in [6, 6.07) is 11.7. The van der Waals surface area contributed by atoms with E-state index >= 15 is 0 Å². The Morgan fingerprint density at radius 3 is 2.56 bits per heavy atom. The van der Waals surface area contributed by atoms with Gasteiger partial charge in [-0.15, -0.1) is 9.89 Å². The van der Waals surface area contributed by atoms with Crippen LogP contribution in [0.4, 0.5) is 0 Å². The summed E-state index contributed by atoms with van der Waals surface area (Å²) in [7, 11) is 3.89. The Kier molecular flexibility index (Phi) is 3.53. The fourth-order valence-corrected chi connectivity index (χ4v) is 1.50. The second kappa shape index (κ2) is 5.10. The summed E-state index contributed by atoms with van der Waals surface area (Å²) >= 11 is 0. The number of aromatic nitrogens is 2. The van der Waals surface area contributed by atoms with Gasteiger partial charge >= 0.3 is 0 Å². The van der Waals surface area contributed by atoms with Gasteiger partial charge < -0.3 is 10.6 Å². The highest BCUT2D eigenvalue weighted by atomic mass is 16.5. The van der Waals surface area contributed by atoms with Gasteiger partial charge in [-0.3, -0.25) is 4.90 Å². The van der Waals surface area contributed by atoms with Crippen LogP contribution in [0, 0.1) is 0 Å². The topological polar surface area (TPSA) is 56.3 Å². The van der Waals surface area contributed by atoms with Crippen LogP contribution in [0.2, 0.25) is 0 Å². The summed E-state index contributed by atoms with van der Waals surface area (Å²) in [5.41, 5.74) is 1.82. The molecule has 0 radical (unpaired) electrons. The lowest BCUT2D eigenvalue weighted by molar-refractivity contribution is 0.0734. The maximum absolute atomic E-state index is 5.79. The van der Waals surface area contributed by atoms with Crippen LogP contribution in [-0.2, 0) is 0 Å². The number of benzene rings is 1. The SMILES string of the molecule is CC(Oc1cc(-c2ccccc2)nn1N)N(C)C. The minimum Gasteiger partial charge on any atom is -0.458 e. The Bertz CT molecular complexity index is 507. The molecule has 0 bridgehead atoms. The second-order valence-electron chi connectivity index (χ2n) is 4.36. The van der Waals surface area contributed by atoms with Crippen molar-refractivity contribution in [1.82, 2.24) is 14.8 Å². The maximum atomic E-state index is 5.79. The van der Waals surface area contributed by atoms with Crippen LogP contribution < -0.4 is 10.6 Å². The first-order valence-corrected chi connectivity index (χ1v) is 5.81. The van der Waals surface area contributed by atoms with E-state index in [9.17, 15) is 0 Å². The quantitative estimate of drug-likeness (QED) is 0.657. The third kappa shape index (κ3) is 2.62. The van der Waals surface area contributed by atoms with Crippen LogP contribution in [0.1, 0.15) is 6.92 Å². The molecule has 0 aliphatic heterocycles. The molecule has 0 fully saturated rings. The molecule has 0 saturated carbocycles. The van der Waals surface area contributed by atoms with Gasteiger partial charge in [-0.05, 0) is 21.0 Å². The molecule has 5 nitrogen and oxygen atoms in total. The van der Waals surface area contributed by atoms with Gasteiger partial charge in [0.1, 0.15) is 0 Å². The summed E-state index contributed by atoms with van der Waals surface area (Å²) < 4.78 is 5.71. The van der Waals surface area contributed by atoms with E-state index in [1.165, 1.54) is 4.79 Å². The van der Waals surface area contributed by atoms with Crippen LogP contribution in [0.5, 0.6) is 5.88 Å². The van der Waals surface area contributed by atoms with E-state index in [1.54, 1.807) is 0 Å². The number of hydrogen-bond acceptors (Lipinski definition) is 4. The zero-order valence-corrected chi connectivity index (χ0v) is 10.9. The first-order chi connectivity index (χ1) is 8.58. The van der Waals surface area contributed by atoms with Gasteiger partial charge in [0.15, 0.2) is 6.23 Å². The number of nitrogens with two attached hydrogens (primary N) is 1. The molecular weight excluding hydrogens is 228 g/mol. The van der Waals surface area contributed by atoms with Crippen molar-refractivity contribution < 1.29 is 4.74 Å². The number of nitrogens with zero attached hydrogens (tertiary/aromatic N) is 3. The third-order valence-corrected chi connectivity index (χ3v) is 2.79. The summed E-state index contributed by atoms with van der Waals surface area (Å²) in [5, 5.41) is 4.24. The normalized spacial score (nSPS) is 12.7. The largest absolute Gasteiger partial charge is 0.458 e. The van der Waals surface area contributed by atoms with Crippen LogP contribution >= 0.6 is 0 Å². The molecule has 18 heavy (non-hydrogen) atoms. The molecule has 2 rings (SSSR count). The van der Waals surface area contributed by atoms with Crippen LogP contribution in [0.3, 0.4) is 0 Å². The Morgan fingerprint density at radius 2 is 1.94 bits per heavy atom. The van der Waals surface area contributed by atoms with Crippen molar-refractivity contribution in [2.24, 2.45) is 0 Å². The van der Waals surface area contributed by atoms with E-state index in [0.717, 1.165) is 11.3 Å². The number of ether oxygens (including phenoxy) is 1. The zero-order chi connectivity index (χ0) is 13.1. The van der Waals surface area contributed by atoms with E-state index in [4.69, 9.17) is 10.6 Å². The molecule has 2 aromatic rings. The highest BCUT2D eigenvalue weighted by Crippen LogP contribution is 2.22. The summed E-state index contributed by atoms with van der Waals surface area (Å²) in [5.74, 6) is 6.34. The van der Waals surface area contributed by atoms with Crippen molar-refractivity contribution in [1.29, 1.82) is 0 Å². The molecule has 1 heterocycles. The lowest BCUT2D eigenvalue weighted by atomic mass is 10.2. The highest BCUT2D eigenvalue weighted by Gasteiger charge is 2.12. The maximum Gasteiger partial charge on any atom is 0.234 e.